The van der Waals surface area contributed by atoms with Crippen molar-refractivity contribution in [3.05, 3.63) is 33.6 Å². The number of benzene rings is 1. The number of carbonyl (C=O) groups is 1. The minimum Gasteiger partial charge on any atom is -0.355 e. The molecule has 5 nitrogen and oxygen atoms in total. The summed E-state index contributed by atoms with van der Waals surface area (Å²) in [5.41, 5.74) is 0.290. The molecule has 0 radical (unpaired) electrons. The highest BCUT2D eigenvalue weighted by atomic mass is 35.5. The first-order chi connectivity index (χ1) is 10.9. The van der Waals surface area contributed by atoms with Gasteiger partial charge in [-0.2, -0.15) is 0 Å². The molecule has 2 aromatic rings. The van der Waals surface area contributed by atoms with E-state index in [0.717, 1.165) is 6.42 Å². The fraction of sp³-hybridized carbons (Fsp3) is 0.438. The van der Waals surface area contributed by atoms with Gasteiger partial charge in [-0.15, -0.1) is 0 Å². The Hall–Kier alpha value is -1.53. The van der Waals surface area contributed by atoms with Crippen molar-refractivity contribution < 1.29 is 4.79 Å². The number of H-pyrrole nitrogens is 1. The lowest BCUT2D eigenvalue weighted by Crippen LogP contribution is -2.32. The minimum atomic E-state index is -0.345. The summed E-state index contributed by atoms with van der Waals surface area (Å²) < 4.78 is 0. The molecule has 1 unspecified atom stereocenters. The number of aromatic amines is 1. The summed E-state index contributed by atoms with van der Waals surface area (Å²) >= 11 is 7.16. The maximum absolute atomic E-state index is 12.1. The highest BCUT2D eigenvalue weighted by Gasteiger charge is 2.16. The summed E-state index contributed by atoms with van der Waals surface area (Å²) in [5, 5.41) is 3.96. The molecule has 124 valence electrons. The summed E-state index contributed by atoms with van der Waals surface area (Å²) in [6.45, 7) is 6.66. The Morgan fingerprint density at radius 2 is 2.13 bits per heavy atom. The molecule has 23 heavy (non-hydrogen) atoms. The molecule has 2 N–H and O–H groups in total. The van der Waals surface area contributed by atoms with Crippen LogP contribution in [-0.2, 0) is 4.79 Å². The molecule has 0 saturated heterocycles. The van der Waals surface area contributed by atoms with E-state index >= 15 is 0 Å². The van der Waals surface area contributed by atoms with Crippen molar-refractivity contribution in [3.8, 4) is 0 Å². The zero-order valence-electron chi connectivity index (χ0n) is 13.4. The van der Waals surface area contributed by atoms with Gasteiger partial charge in [-0.25, -0.2) is 4.98 Å². The summed E-state index contributed by atoms with van der Waals surface area (Å²) in [7, 11) is 0. The Balaban J connectivity index is 2.08. The molecule has 7 heteroatoms. The van der Waals surface area contributed by atoms with Gasteiger partial charge in [-0.1, -0.05) is 37.2 Å². The number of thioether (sulfide) groups is 1. The number of hydrogen-bond acceptors (Lipinski definition) is 4. The summed E-state index contributed by atoms with van der Waals surface area (Å²) in [6.07, 6.45) is 0.937. The third-order valence-electron chi connectivity index (χ3n) is 3.33. The number of rotatable bonds is 6. The zero-order valence-corrected chi connectivity index (χ0v) is 14.9. The highest BCUT2D eigenvalue weighted by molar-refractivity contribution is 8.00. The van der Waals surface area contributed by atoms with Crippen LogP contribution >= 0.6 is 23.4 Å². The maximum atomic E-state index is 12.1. The SMILES string of the molecule is CC(C)CCNC(=O)C(C)Sc1nc2cc(Cl)ccc2c(=O)[nH]1. The lowest BCUT2D eigenvalue weighted by molar-refractivity contribution is -0.120. The van der Waals surface area contributed by atoms with Crippen LogP contribution in [0.25, 0.3) is 10.9 Å². The first-order valence-electron chi connectivity index (χ1n) is 7.50. The Morgan fingerprint density at radius 1 is 1.39 bits per heavy atom. The van der Waals surface area contributed by atoms with E-state index in [4.69, 9.17) is 11.6 Å². The van der Waals surface area contributed by atoms with Crippen LogP contribution in [0.1, 0.15) is 27.2 Å². The van der Waals surface area contributed by atoms with Crippen LogP contribution < -0.4 is 10.9 Å². The van der Waals surface area contributed by atoms with Gasteiger partial charge in [0.1, 0.15) is 0 Å². The van der Waals surface area contributed by atoms with Crippen LogP contribution in [0.2, 0.25) is 5.02 Å². The number of aromatic nitrogens is 2. The monoisotopic (exact) mass is 353 g/mol. The minimum absolute atomic E-state index is 0.0653. The van der Waals surface area contributed by atoms with E-state index in [1.54, 1.807) is 25.1 Å². The van der Waals surface area contributed by atoms with E-state index in [-0.39, 0.29) is 16.7 Å². The first kappa shape index (κ1) is 17.8. The fourth-order valence-corrected chi connectivity index (χ4v) is 2.99. The molecule has 0 fully saturated rings. The van der Waals surface area contributed by atoms with Crippen LogP contribution in [0, 0.1) is 5.92 Å². The van der Waals surface area contributed by atoms with Crippen molar-refractivity contribution in [1.29, 1.82) is 0 Å². The van der Waals surface area contributed by atoms with Crippen LogP contribution in [0.4, 0.5) is 0 Å². The third kappa shape index (κ3) is 4.97. The maximum Gasteiger partial charge on any atom is 0.259 e. The van der Waals surface area contributed by atoms with Crippen LogP contribution in [0.15, 0.2) is 28.2 Å². The molecule has 0 spiro atoms. The lowest BCUT2D eigenvalue weighted by atomic mass is 10.1. The molecule has 2 rings (SSSR count). The lowest BCUT2D eigenvalue weighted by Gasteiger charge is -2.12. The Labute approximate surface area is 144 Å². The fourth-order valence-electron chi connectivity index (χ4n) is 2.00. The Kier molecular flexibility index (Phi) is 6.07. The van der Waals surface area contributed by atoms with Gasteiger partial charge in [0.25, 0.3) is 5.56 Å². The average molecular weight is 354 g/mol. The number of amides is 1. The van der Waals surface area contributed by atoms with Gasteiger partial charge in [-0.3, -0.25) is 9.59 Å². The second kappa shape index (κ2) is 7.84. The largest absolute Gasteiger partial charge is 0.355 e. The molecule has 1 heterocycles. The highest BCUT2D eigenvalue weighted by Crippen LogP contribution is 2.21. The van der Waals surface area contributed by atoms with Crippen molar-refractivity contribution >= 4 is 40.2 Å². The van der Waals surface area contributed by atoms with Crippen molar-refractivity contribution in [1.82, 2.24) is 15.3 Å². The van der Waals surface area contributed by atoms with Crippen molar-refractivity contribution in [2.75, 3.05) is 6.54 Å². The molecule has 0 saturated carbocycles. The topological polar surface area (TPSA) is 74.8 Å². The molecular weight excluding hydrogens is 334 g/mol. The summed E-state index contributed by atoms with van der Waals surface area (Å²) in [5.74, 6) is 0.478. The van der Waals surface area contributed by atoms with Gasteiger partial charge in [0.15, 0.2) is 5.16 Å². The predicted octanol–water partition coefficient (Wildman–Crippen LogP) is 3.22. The van der Waals surface area contributed by atoms with Gasteiger partial charge in [0.05, 0.1) is 16.2 Å². The molecular formula is C16H20ClN3O2S. The molecule has 0 aliphatic carbocycles. The van der Waals surface area contributed by atoms with E-state index in [1.165, 1.54) is 11.8 Å². The van der Waals surface area contributed by atoms with E-state index in [2.05, 4.69) is 29.1 Å². The zero-order chi connectivity index (χ0) is 17.0. The molecule has 1 aromatic carbocycles. The van der Waals surface area contributed by atoms with Gasteiger partial charge in [0.2, 0.25) is 5.91 Å². The van der Waals surface area contributed by atoms with Crippen molar-refractivity contribution in [3.63, 3.8) is 0 Å². The number of fused-ring (bicyclic) bond motifs is 1. The molecule has 1 amide bonds. The first-order valence-corrected chi connectivity index (χ1v) is 8.76. The van der Waals surface area contributed by atoms with E-state index in [9.17, 15) is 9.59 Å². The molecule has 0 aliphatic rings. The smallest absolute Gasteiger partial charge is 0.259 e. The van der Waals surface area contributed by atoms with Crippen LogP contribution in [0.5, 0.6) is 0 Å². The summed E-state index contributed by atoms with van der Waals surface area (Å²) in [6, 6.07) is 4.93. The van der Waals surface area contributed by atoms with Gasteiger partial charge >= 0.3 is 0 Å². The predicted molar refractivity (Wildman–Crippen MR) is 95.2 cm³/mol. The van der Waals surface area contributed by atoms with Crippen LogP contribution in [-0.4, -0.2) is 27.7 Å². The number of nitrogens with one attached hydrogen (secondary N) is 2. The average Bonchev–Trinajstić information content (AvgIpc) is 2.46. The third-order valence-corrected chi connectivity index (χ3v) is 4.54. The second-order valence-electron chi connectivity index (χ2n) is 5.77. The van der Waals surface area contributed by atoms with Gasteiger partial charge < -0.3 is 10.3 Å². The Bertz CT molecular complexity index is 761. The number of nitrogens with zero attached hydrogens (tertiary/aromatic N) is 1. The van der Waals surface area contributed by atoms with Crippen molar-refractivity contribution in [2.45, 2.75) is 37.6 Å². The Morgan fingerprint density at radius 3 is 2.83 bits per heavy atom. The number of hydrogen-bond donors (Lipinski definition) is 2. The molecule has 0 bridgehead atoms. The van der Waals surface area contributed by atoms with E-state index in [0.29, 0.717) is 33.5 Å². The quantitative estimate of drug-likeness (QED) is 0.617. The van der Waals surface area contributed by atoms with Gasteiger partial charge in [-0.05, 0) is 37.5 Å². The molecule has 0 aliphatic heterocycles. The van der Waals surface area contributed by atoms with Crippen LogP contribution in [0.3, 0.4) is 0 Å². The molecule has 1 aromatic heterocycles. The number of halogens is 1. The molecule has 1 atom stereocenters. The normalized spacial score (nSPS) is 12.6. The van der Waals surface area contributed by atoms with Crippen molar-refractivity contribution in [2.24, 2.45) is 5.92 Å². The van der Waals surface area contributed by atoms with E-state index < -0.39 is 0 Å². The second-order valence-corrected chi connectivity index (χ2v) is 7.53. The number of carbonyl (C=O) groups excluding carboxylic acids is 1. The standard InChI is InChI=1S/C16H20ClN3O2S/c1-9(2)6-7-18-14(21)10(3)23-16-19-13-8-11(17)4-5-12(13)15(22)20-16/h4-5,8-10H,6-7H2,1-3H3,(H,18,21)(H,19,20,22). The summed E-state index contributed by atoms with van der Waals surface area (Å²) in [4.78, 5) is 31.2. The van der Waals surface area contributed by atoms with Gasteiger partial charge in [0, 0.05) is 11.6 Å². The van der Waals surface area contributed by atoms with E-state index in [1.807, 2.05) is 0 Å².